The molecule has 0 aliphatic carbocycles. The summed E-state index contributed by atoms with van der Waals surface area (Å²) in [6, 6.07) is 8.80. The minimum atomic E-state index is 0.0379. The molecule has 118 valence electrons. The Labute approximate surface area is 128 Å². The molecule has 0 aromatic heterocycles. The molecule has 0 spiro atoms. The smallest absolute Gasteiger partial charge is 0.234 e. The standard InChI is InChI=1S/C17H29N3O/c1-5-20(6-2)13-16-9-7-15(8-10-16)11-19-17(21)12-18-14(3)4/h7-10,14,18H,5-6,11-13H2,1-4H3,(H,19,21). The molecular weight excluding hydrogens is 262 g/mol. The van der Waals surface area contributed by atoms with Crippen LogP contribution in [-0.4, -0.2) is 36.5 Å². The van der Waals surface area contributed by atoms with Crippen molar-refractivity contribution in [2.24, 2.45) is 0 Å². The van der Waals surface area contributed by atoms with Crippen LogP contribution in [0.5, 0.6) is 0 Å². The molecule has 0 aliphatic heterocycles. The lowest BCUT2D eigenvalue weighted by Crippen LogP contribution is -2.36. The first-order valence-electron chi connectivity index (χ1n) is 7.85. The summed E-state index contributed by atoms with van der Waals surface area (Å²) in [5.74, 6) is 0.0379. The highest BCUT2D eigenvalue weighted by atomic mass is 16.1. The van der Waals surface area contributed by atoms with Gasteiger partial charge in [0, 0.05) is 19.1 Å². The van der Waals surface area contributed by atoms with Crippen LogP contribution in [0, 0.1) is 0 Å². The van der Waals surface area contributed by atoms with E-state index in [-0.39, 0.29) is 5.91 Å². The van der Waals surface area contributed by atoms with Gasteiger partial charge < -0.3 is 10.6 Å². The van der Waals surface area contributed by atoms with Gasteiger partial charge in [-0.25, -0.2) is 0 Å². The Morgan fingerprint density at radius 1 is 1.10 bits per heavy atom. The minimum Gasteiger partial charge on any atom is -0.351 e. The summed E-state index contributed by atoms with van der Waals surface area (Å²) in [7, 11) is 0. The van der Waals surface area contributed by atoms with Crippen molar-refractivity contribution in [2.75, 3.05) is 19.6 Å². The van der Waals surface area contributed by atoms with E-state index in [1.165, 1.54) is 5.56 Å². The highest BCUT2D eigenvalue weighted by molar-refractivity contribution is 5.77. The lowest BCUT2D eigenvalue weighted by Gasteiger charge is -2.18. The van der Waals surface area contributed by atoms with Crippen molar-refractivity contribution in [1.82, 2.24) is 15.5 Å². The number of benzene rings is 1. The number of nitrogens with one attached hydrogen (secondary N) is 2. The molecule has 1 aromatic carbocycles. The number of nitrogens with zero attached hydrogens (tertiary/aromatic N) is 1. The topological polar surface area (TPSA) is 44.4 Å². The molecule has 0 saturated carbocycles. The van der Waals surface area contributed by atoms with Gasteiger partial charge in [0.25, 0.3) is 0 Å². The van der Waals surface area contributed by atoms with Gasteiger partial charge in [-0.2, -0.15) is 0 Å². The van der Waals surface area contributed by atoms with E-state index >= 15 is 0 Å². The molecule has 0 atom stereocenters. The molecule has 0 aliphatic rings. The van der Waals surface area contributed by atoms with Crippen molar-refractivity contribution in [3.05, 3.63) is 35.4 Å². The van der Waals surface area contributed by atoms with Gasteiger partial charge in [-0.1, -0.05) is 52.0 Å². The maximum atomic E-state index is 11.6. The van der Waals surface area contributed by atoms with Gasteiger partial charge in [-0.05, 0) is 24.2 Å². The molecule has 2 N–H and O–H groups in total. The van der Waals surface area contributed by atoms with Crippen LogP contribution in [0.2, 0.25) is 0 Å². The van der Waals surface area contributed by atoms with Gasteiger partial charge in [-0.15, -0.1) is 0 Å². The first kappa shape index (κ1) is 17.7. The van der Waals surface area contributed by atoms with Crippen molar-refractivity contribution >= 4 is 5.91 Å². The Balaban J connectivity index is 2.39. The van der Waals surface area contributed by atoms with Crippen LogP contribution in [0.1, 0.15) is 38.8 Å². The number of amides is 1. The third-order valence-electron chi connectivity index (χ3n) is 3.48. The summed E-state index contributed by atoms with van der Waals surface area (Å²) in [6.07, 6.45) is 0. The highest BCUT2D eigenvalue weighted by Crippen LogP contribution is 2.07. The molecule has 4 heteroatoms. The fraction of sp³-hybridized carbons (Fsp3) is 0.588. The zero-order valence-electron chi connectivity index (χ0n) is 13.8. The second-order valence-corrected chi connectivity index (χ2v) is 5.59. The first-order chi connectivity index (χ1) is 10.0. The summed E-state index contributed by atoms with van der Waals surface area (Å²) in [6.45, 7) is 12.5. The molecule has 0 bridgehead atoms. The van der Waals surface area contributed by atoms with E-state index in [9.17, 15) is 4.79 Å². The Hall–Kier alpha value is -1.39. The first-order valence-corrected chi connectivity index (χ1v) is 7.85. The zero-order valence-corrected chi connectivity index (χ0v) is 13.8. The molecule has 0 heterocycles. The maximum Gasteiger partial charge on any atom is 0.234 e. The van der Waals surface area contributed by atoms with E-state index in [2.05, 4.69) is 53.6 Å². The lowest BCUT2D eigenvalue weighted by molar-refractivity contribution is -0.120. The average Bonchev–Trinajstić information content (AvgIpc) is 2.49. The quantitative estimate of drug-likeness (QED) is 0.733. The van der Waals surface area contributed by atoms with Crippen LogP contribution in [0.15, 0.2) is 24.3 Å². The van der Waals surface area contributed by atoms with Gasteiger partial charge in [-0.3, -0.25) is 9.69 Å². The van der Waals surface area contributed by atoms with Crippen LogP contribution in [-0.2, 0) is 17.9 Å². The monoisotopic (exact) mass is 291 g/mol. The molecule has 1 rings (SSSR count). The molecule has 0 unspecified atom stereocenters. The summed E-state index contributed by atoms with van der Waals surface area (Å²) in [4.78, 5) is 14.0. The maximum absolute atomic E-state index is 11.6. The van der Waals surface area contributed by atoms with Gasteiger partial charge in [0.2, 0.25) is 5.91 Å². The second kappa shape index (κ2) is 9.53. The molecule has 0 radical (unpaired) electrons. The van der Waals surface area contributed by atoms with E-state index in [1.807, 2.05) is 13.8 Å². The summed E-state index contributed by atoms with van der Waals surface area (Å²) >= 11 is 0. The highest BCUT2D eigenvalue weighted by Gasteiger charge is 2.03. The van der Waals surface area contributed by atoms with Crippen LogP contribution >= 0.6 is 0 Å². The minimum absolute atomic E-state index is 0.0379. The Morgan fingerprint density at radius 3 is 2.19 bits per heavy atom. The predicted molar refractivity (Wildman–Crippen MR) is 88.1 cm³/mol. The van der Waals surface area contributed by atoms with E-state index in [0.29, 0.717) is 19.1 Å². The van der Waals surface area contributed by atoms with Crippen molar-refractivity contribution in [3.8, 4) is 0 Å². The molecule has 1 amide bonds. The SMILES string of the molecule is CCN(CC)Cc1ccc(CNC(=O)CNC(C)C)cc1. The van der Waals surface area contributed by atoms with Gasteiger partial charge in [0.05, 0.1) is 6.54 Å². The van der Waals surface area contributed by atoms with E-state index < -0.39 is 0 Å². The molecular formula is C17H29N3O. The predicted octanol–water partition coefficient (Wildman–Crippen LogP) is 2.14. The summed E-state index contributed by atoms with van der Waals surface area (Å²) < 4.78 is 0. The largest absolute Gasteiger partial charge is 0.351 e. The van der Waals surface area contributed by atoms with E-state index in [4.69, 9.17) is 0 Å². The Morgan fingerprint density at radius 2 is 1.67 bits per heavy atom. The van der Waals surface area contributed by atoms with Crippen molar-refractivity contribution in [1.29, 1.82) is 0 Å². The van der Waals surface area contributed by atoms with Crippen LogP contribution in [0.3, 0.4) is 0 Å². The number of carbonyl (C=O) groups excluding carboxylic acids is 1. The van der Waals surface area contributed by atoms with E-state index in [0.717, 1.165) is 25.2 Å². The van der Waals surface area contributed by atoms with Gasteiger partial charge in [0.15, 0.2) is 0 Å². The number of rotatable bonds is 9. The van der Waals surface area contributed by atoms with Crippen LogP contribution < -0.4 is 10.6 Å². The lowest BCUT2D eigenvalue weighted by atomic mass is 10.1. The number of carbonyl (C=O) groups is 1. The van der Waals surface area contributed by atoms with Crippen LogP contribution in [0.4, 0.5) is 0 Å². The van der Waals surface area contributed by atoms with Crippen LogP contribution in [0.25, 0.3) is 0 Å². The molecule has 1 aromatic rings. The number of hydrogen-bond donors (Lipinski definition) is 2. The fourth-order valence-electron chi connectivity index (χ4n) is 2.03. The van der Waals surface area contributed by atoms with Gasteiger partial charge >= 0.3 is 0 Å². The van der Waals surface area contributed by atoms with E-state index in [1.54, 1.807) is 0 Å². The number of hydrogen-bond acceptors (Lipinski definition) is 3. The van der Waals surface area contributed by atoms with Crippen molar-refractivity contribution in [2.45, 2.75) is 46.8 Å². The van der Waals surface area contributed by atoms with Crippen molar-refractivity contribution in [3.63, 3.8) is 0 Å². The summed E-state index contributed by atoms with van der Waals surface area (Å²) in [5.41, 5.74) is 2.45. The third-order valence-corrected chi connectivity index (χ3v) is 3.48. The Bertz CT molecular complexity index is 411. The fourth-order valence-corrected chi connectivity index (χ4v) is 2.03. The van der Waals surface area contributed by atoms with Crippen molar-refractivity contribution < 1.29 is 4.79 Å². The summed E-state index contributed by atoms with van der Waals surface area (Å²) in [5, 5.41) is 6.03. The molecule has 0 saturated heterocycles. The Kier molecular flexibility index (Phi) is 8.01. The molecule has 0 fully saturated rings. The average molecular weight is 291 g/mol. The second-order valence-electron chi connectivity index (χ2n) is 5.59. The zero-order chi connectivity index (χ0) is 15.7. The molecule has 4 nitrogen and oxygen atoms in total. The third kappa shape index (κ3) is 7.25. The molecule has 21 heavy (non-hydrogen) atoms. The normalized spacial score (nSPS) is 11.1. The van der Waals surface area contributed by atoms with Gasteiger partial charge in [0.1, 0.15) is 0 Å².